The summed E-state index contributed by atoms with van der Waals surface area (Å²) in [5.41, 5.74) is 1.12. The van der Waals surface area contributed by atoms with Gasteiger partial charge in [-0.3, -0.25) is 14.4 Å². The Kier molecular flexibility index (Phi) is 7.47. The van der Waals surface area contributed by atoms with Crippen molar-refractivity contribution in [3.05, 3.63) is 71.0 Å². The topological polar surface area (TPSA) is 136 Å². The average Bonchev–Trinajstić information content (AvgIpc) is 2.79. The number of nitrogens with zero attached hydrogens (tertiary/aromatic N) is 2. The fraction of sp³-hybridized carbons (Fsp3) is 0.217. The van der Waals surface area contributed by atoms with Crippen LogP contribution >= 0.6 is 0 Å². The molecule has 1 heterocycles. The molecule has 1 atom stereocenters. The molecule has 1 aromatic heterocycles. The van der Waals surface area contributed by atoms with Crippen LogP contribution in [0.3, 0.4) is 0 Å². The van der Waals surface area contributed by atoms with E-state index in [9.17, 15) is 22.8 Å². The standard InChI is InChI=1S/C23H24N4O6S/c1-4-33-19-9-5-17(6-10-19)21-13-14-22(29)27(25-21)15(2)23(30)24-18-7-11-20(12-8-18)34(31,32)26-16(3)28/h5-15H,4H2,1-3H3,(H,24,30)(H,26,28). The third-order valence-corrected chi connectivity index (χ3v) is 6.19. The maximum atomic E-state index is 12.8. The molecule has 1 unspecified atom stereocenters. The number of anilines is 1. The van der Waals surface area contributed by atoms with Crippen molar-refractivity contribution in [2.45, 2.75) is 31.7 Å². The van der Waals surface area contributed by atoms with Gasteiger partial charge in [0, 0.05) is 24.2 Å². The van der Waals surface area contributed by atoms with Gasteiger partial charge >= 0.3 is 0 Å². The minimum Gasteiger partial charge on any atom is -0.494 e. The van der Waals surface area contributed by atoms with Crippen molar-refractivity contribution in [1.82, 2.24) is 14.5 Å². The van der Waals surface area contributed by atoms with E-state index in [1.54, 1.807) is 18.2 Å². The smallest absolute Gasteiger partial charge is 0.267 e. The molecule has 3 rings (SSSR count). The Morgan fingerprint density at radius 2 is 1.68 bits per heavy atom. The van der Waals surface area contributed by atoms with Crippen LogP contribution in [-0.4, -0.2) is 36.6 Å². The zero-order valence-electron chi connectivity index (χ0n) is 18.8. The highest BCUT2D eigenvalue weighted by Gasteiger charge is 2.19. The lowest BCUT2D eigenvalue weighted by Gasteiger charge is -2.15. The summed E-state index contributed by atoms with van der Waals surface area (Å²) in [6.07, 6.45) is 0. The molecule has 0 aliphatic rings. The molecule has 0 fully saturated rings. The zero-order chi connectivity index (χ0) is 24.9. The van der Waals surface area contributed by atoms with Gasteiger partial charge in [0.1, 0.15) is 11.8 Å². The molecule has 2 amide bonds. The Bertz CT molecular complexity index is 1350. The first-order valence-electron chi connectivity index (χ1n) is 10.4. The van der Waals surface area contributed by atoms with Crippen LogP contribution < -0.4 is 20.3 Å². The SMILES string of the molecule is CCOc1ccc(-c2ccc(=O)n(C(C)C(=O)Nc3ccc(S(=O)(=O)NC(C)=O)cc3)n2)cc1. The minimum atomic E-state index is -3.98. The van der Waals surface area contributed by atoms with Gasteiger partial charge in [-0.15, -0.1) is 0 Å². The fourth-order valence-corrected chi connectivity index (χ4v) is 4.06. The van der Waals surface area contributed by atoms with Crippen molar-refractivity contribution in [2.24, 2.45) is 0 Å². The summed E-state index contributed by atoms with van der Waals surface area (Å²) in [5.74, 6) is -0.518. The Labute approximate surface area is 196 Å². The molecule has 2 aromatic carbocycles. The van der Waals surface area contributed by atoms with Crippen LogP contribution in [0, 0.1) is 0 Å². The number of benzene rings is 2. The molecule has 178 valence electrons. The molecule has 2 N–H and O–H groups in total. The first-order valence-corrected chi connectivity index (χ1v) is 11.9. The molecule has 0 bridgehead atoms. The van der Waals surface area contributed by atoms with Gasteiger partial charge in [-0.25, -0.2) is 17.8 Å². The van der Waals surface area contributed by atoms with E-state index in [-0.39, 0.29) is 4.90 Å². The molecule has 0 aliphatic heterocycles. The number of hydrogen-bond donors (Lipinski definition) is 2. The number of hydrogen-bond acceptors (Lipinski definition) is 7. The number of carbonyl (C=O) groups excluding carboxylic acids is 2. The Hall–Kier alpha value is -3.99. The number of sulfonamides is 1. The summed E-state index contributed by atoms with van der Waals surface area (Å²) in [6.45, 7) is 5.05. The number of amides is 2. The van der Waals surface area contributed by atoms with Gasteiger partial charge in [0.15, 0.2) is 0 Å². The summed E-state index contributed by atoms with van der Waals surface area (Å²) in [5, 5.41) is 6.97. The van der Waals surface area contributed by atoms with E-state index in [4.69, 9.17) is 4.74 Å². The van der Waals surface area contributed by atoms with E-state index in [0.29, 0.717) is 23.7 Å². The molecule has 0 saturated heterocycles. The predicted molar refractivity (Wildman–Crippen MR) is 126 cm³/mol. The molecular weight excluding hydrogens is 460 g/mol. The summed E-state index contributed by atoms with van der Waals surface area (Å²) in [4.78, 5) is 36.1. The highest BCUT2D eigenvalue weighted by Crippen LogP contribution is 2.21. The van der Waals surface area contributed by atoms with Crippen LogP contribution in [0.5, 0.6) is 5.75 Å². The van der Waals surface area contributed by atoms with Crippen LogP contribution in [0.4, 0.5) is 5.69 Å². The molecule has 34 heavy (non-hydrogen) atoms. The second-order valence-electron chi connectivity index (χ2n) is 7.31. The van der Waals surface area contributed by atoms with Crippen LogP contribution in [-0.2, 0) is 19.6 Å². The van der Waals surface area contributed by atoms with Gasteiger partial charge in [-0.2, -0.15) is 5.10 Å². The predicted octanol–water partition coefficient (Wildman–Crippen LogP) is 2.33. The number of ether oxygens (including phenoxy) is 1. The van der Waals surface area contributed by atoms with E-state index >= 15 is 0 Å². The van der Waals surface area contributed by atoms with E-state index in [2.05, 4.69) is 10.4 Å². The maximum Gasteiger partial charge on any atom is 0.267 e. The van der Waals surface area contributed by atoms with Gasteiger partial charge in [-0.1, -0.05) is 0 Å². The van der Waals surface area contributed by atoms with Crippen LogP contribution in [0.15, 0.2) is 70.4 Å². The van der Waals surface area contributed by atoms with Gasteiger partial charge < -0.3 is 10.1 Å². The Morgan fingerprint density at radius 1 is 1.03 bits per heavy atom. The monoisotopic (exact) mass is 484 g/mol. The molecule has 0 aliphatic carbocycles. The zero-order valence-corrected chi connectivity index (χ0v) is 19.6. The summed E-state index contributed by atoms with van der Waals surface area (Å²) < 4.78 is 32.4. The number of nitrogens with one attached hydrogen (secondary N) is 2. The average molecular weight is 485 g/mol. The molecule has 0 saturated carbocycles. The van der Waals surface area contributed by atoms with E-state index in [0.717, 1.165) is 17.2 Å². The number of aromatic nitrogens is 2. The third-order valence-electron chi connectivity index (χ3n) is 4.74. The largest absolute Gasteiger partial charge is 0.494 e. The molecule has 3 aromatic rings. The van der Waals surface area contributed by atoms with E-state index in [1.807, 2.05) is 23.8 Å². The molecular formula is C23H24N4O6S. The van der Waals surface area contributed by atoms with Crippen molar-refractivity contribution >= 4 is 27.5 Å². The quantitative estimate of drug-likeness (QED) is 0.501. The number of rotatable bonds is 8. The first-order chi connectivity index (χ1) is 16.1. The minimum absolute atomic E-state index is 0.130. The van der Waals surface area contributed by atoms with Crippen LogP contribution in [0.1, 0.15) is 26.8 Å². The maximum absolute atomic E-state index is 12.8. The molecule has 0 radical (unpaired) electrons. The van der Waals surface area contributed by atoms with Crippen molar-refractivity contribution in [3.63, 3.8) is 0 Å². The molecule has 10 nitrogen and oxygen atoms in total. The highest BCUT2D eigenvalue weighted by molar-refractivity contribution is 7.90. The summed E-state index contributed by atoms with van der Waals surface area (Å²) >= 11 is 0. The van der Waals surface area contributed by atoms with Crippen LogP contribution in [0.2, 0.25) is 0 Å². The summed E-state index contributed by atoms with van der Waals surface area (Å²) in [6, 6.07) is 14.4. The molecule has 11 heteroatoms. The number of carbonyl (C=O) groups is 2. The summed E-state index contributed by atoms with van der Waals surface area (Å²) in [7, 11) is -3.98. The molecule has 0 spiro atoms. The van der Waals surface area contributed by atoms with Crippen LogP contribution in [0.25, 0.3) is 11.3 Å². The van der Waals surface area contributed by atoms with Crippen molar-refractivity contribution in [1.29, 1.82) is 0 Å². The van der Waals surface area contributed by atoms with Crippen molar-refractivity contribution in [3.8, 4) is 17.0 Å². The van der Waals surface area contributed by atoms with Gasteiger partial charge in [0.2, 0.25) is 11.8 Å². The van der Waals surface area contributed by atoms with Gasteiger partial charge in [0.05, 0.1) is 17.2 Å². The fourth-order valence-electron chi connectivity index (χ4n) is 3.07. The van der Waals surface area contributed by atoms with Gasteiger partial charge in [0.25, 0.3) is 15.6 Å². The Morgan fingerprint density at radius 3 is 2.26 bits per heavy atom. The lowest BCUT2D eigenvalue weighted by Crippen LogP contribution is -2.33. The lowest BCUT2D eigenvalue weighted by atomic mass is 10.1. The third kappa shape index (κ3) is 5.87. The normalized spacial score (nSPS) is 12.0. The van der Waals surface area contributed by atoms with E-state index < -0.39 is 33.4 Å². The second kappa shape index (κ2) is 10.3. The Balaban J connectivity index is 1.77. The van der Waals surface area contributed by atoms with Crippen molar-refractivity contribution in [2.75, 3.05) is 11.9 Å². The lowest BCUT2D eigenvalue weighted by molar-refractivity contribution is -0.119. The van der Waals surface area contributed by atoms with E-state index in [1.165, 1.54) is 37.3 Å². The first kappa shape index (κ1) is 24.6. The van der Waals surface area contributed by atoms with Crippen molar-refractivity contribution < 1.29 is 22.7 Å². The highest BCUT2D eigenvalue weighted by atomic mass is 32.2. The second-order valence-corrected chi connectivity index (χ2v) is 8.99. The van der Waals surface area contributed by atoms with Gasteiger partial charge in [-0.05, 0) is 68.4 Å².